The van der Waals surface area contributed by atoms with Crippen molar-refractivity contribution in [3.05, 3.63) is 76.7 Å². The van der Waals surface area contributed by atoms with E-state index in [-0.39, 0.29) is 41.1 Å². The number of sulfone groups is 1. The second-order valence-corrected chi connectivity index (χ2v) is 9.03. The van der Waals surface area contributed by atoms with Crippen LogP contribution in [0.4, 0.5) is 11.6 Å². The van der Waals surface area contributed by atoms with E-state index in [0.29, 0.717) is 23.9 Å². The van der Waals surface area contributed by atoms with Gasteiger partial charge in [0.25, 0.3) is 5.69 Å². The van der Waals surface area contributed by atoms with Crippen molar-refractivity contribution in [2.45, 2.75) is 16.5 Å². The van der Waals surface area contributed by atoms with Gasteiger partial charge in [-0.15, -0.1) is 0 Å². The van der Waals surface area contributed by atoms with E-state index in [1.54, 1.807) is 18.2 Å². The number of nitro benzene ring substituents is 1. The molecule has 0 saturated carbocycles. The molecule has 0 amide bonds. The summed E-state index contributed by atoms with van der Waals surface area (Å²) < 4.78 is 49.0. The first-order valence-corrected chi connectivity index (χ1v) is 11.6. The molecule has 1 aliphatic heterocycles. The number of rotatable bonds is 7. The Balaban J connectivity index is 1.60. The van der Waals surface area contributed by atoms with Crippen LogP contribution in [0.5, 0.6) is 11.5 Å². The molecule has 1 aliphatic rings. The quantitative estimate of drug-likeness (QED) is 0.301. The number of furan rings is 1. The lowest BCUT2D eigenvalue weighted by Crippen LogP contribution is -2.16. The van der Waals surface area contributed by atoms with Gasteiger partial charge in [-0.05, 0) is 30.3 Å². The standard InChI is InChI=1S/C22H17N3O8S/c26-25(27)17-6-2-1-5-16(17)20-24-22(21(33-20)23-13-14-4-3-9-30-14)34(28,29)15-7-8-18-19(12-15)32-11-10-31-18/h1-9,12,23H,10-11,13H2. The second kappa shape index (κ2) is 8.56. The fraction of sp³-hybridized carbons (Fsp3) is 0.136. The Morgan fingerprint density at radius 3 is 2.59 bits per heavy atom. The van der Waals surface area contributed by atoms with Crippen LogP contribution in [0.3, 0.4) is 0 Å². The molecule has 0 fully saturated rings. The Hall–Kier alpha value is -4.32. The lowest BCUT2D eigenvalue weighted by molar-refractivity contribution is -0.384. The molecule has 174 valence electrons. The summed E-state index contributed by atoms with van der Waals surface area (Å²) in [5.74, 6) is 0.845. The maximum atomic E-state index is 13.5. The molecule has 0 atom stereocenters. The molecular formula is C22H17N3O8S. The minimum absolute atomic E-state index is 0.0390. The summed E-state index contributed by atoms with van der Waals surface area (Å²) in [5, 5.41) is 13.9. The van der Waals surface area contributed by atoms with E-state index in [4.69, 9.17) is 18.3 Å². The van der Waals surface area contributed by atoms with E-state index in [2.05, 4.69) is 10.3 Å². The van der Waals surface area contributed by atoms with E-state index >= 15 is 0 Å². The number of nitrogens with one attached hydrogen (secondary N) is 1. The van der Waals surface area contributed by atoms with Gasteiger partial charge >= 0.3 is 0 Å². The van der Waals surface area contributed by atoms with Gasteiger partial charge in [0.2, 0.25) is 26.6 Å². The summed E-state index contributed by atoms with van der Waals surface area (Å²) in [5.41, 5.74) is -0.234. The highest BCUT2D eigenvalue weighted by molar-refractivity contribution is 7.91. The summed E-state index contributed by atoms with van der Waals surface area (Å²) in [7, 11) is -4.22. The van der Waals surface area contributed by atoms with E-state index in [1.165, 1.54) is 42.7 Å². The average molecular weight is 483 g/mol. The number of nitrogens with zero attached hydrogens (tertiary/aromatic N) is 2. The van der Waals surface area contributed by atoms with Crippen LogP contribution >= 0.6 is 0 Å². The van der Waals surface area contributed by atoms with E-state index in [1.807, 2.05) is 0 Å². The summed E-state index contributed by atoms with van der Waals surface area (Å²) >= 11 is 0. The van der Waals surface area contributed by atoms with Gasteiger partial charge in [0.1, 0.15) is 24.5 Å². The monoisotopic (exact) mass is 483 g/mol. The van der Waals surface area contributed by atoms with Crippen LogP contribution in [0.15, 0.2) is 79.6 Å². The zero-order chi connectivity index (χ0) is 23.7. The number of hydrogen-bond acceptors (Lipinski definition) is 10. The number of fused-ring (bicyclic) bond motifs is 1. The highest BCUT2D eigenvalue weighted by Gasteiger charge is 2.31. The molecule has 0 spiro atoms. The van der Waals surface area contributed by atoms with Crippen LogP contribution in [0.1, 0.15) is 5.76 Å². The zero-order valence-corrected chi connectivity index (χ0v) is 18.3. The SMILES string of the molecule is O=[N+]([O-])c1ccccc1-c1nc(S(=O)(=O)c2ccc3c(c2)OCCO3)c(NCc2ccco2)o1. The van der Waals surface area contributed by atoms with Crippen molar-refractivity contribution in [1.82, 2.24) is 4.98 Å². The molecule has 0 radical (unpaired) electrons. The molecule has 4 aromatic rings. The zero-order valence-electron chi connectivity index (χ0n) is 17.5. The van der Waals surface area contributed by atoms with Crippen LogP contribution in [-0.4, -0.2) is 31.5 Å². The number of para-hydroxylation sites is 1. The summed E-state index contributed by atoms with van der Waals surface area (Å²) in [6, 6.07) is 13.4. The van der Waals surface area contributed by atoms with Crippen molar-refractivity contribution in [2.75, 3.05) is 18.5 Å². The van der Waals surface area contributed by atoms with Crippen molar-refractivity contribution >= 4 is 21.4 Å². The van der Waals surface area contributed by atoms with Crippen LogP contribution in [-0.2, 0) is 16.4 Å². The Kier molecular flexibility index (Phi) is 5.42. The first-order chi connectivity index (χ1) is 16.4. The molecule has 0 bridgehead atoms. The molecule has 12 heteroatoms. The summed E-state index contributed by atoms with van der Waals surface area (Å²) in [4.78, 5) is 15.0. The highest BCUT2D eigenvalue weighted by Crippen LogP contribution is 2.38. The average Bonchev–Trinajstić information content (AvgIpc) is 3.52. The van der Waals surface area contributed by atoms with Gasteiger partial charge in [-0.3, -0.25) is 10.1 Å². The van der Waals surface area contributed by atoms with Crippen LogP contribution in [0.25, 0.3) is 11.5 Å². The second-order valence-electron chi connectivity index (χ2n) is 7.17. The number of ether oxygens (including phenoxy) is 2. The van der Waals surface area contributed by atoms with Crippen molar-refractivity contribution in [3.8, 4) is 23.0 Å². The lowest BCUT2D eigenvalue weighted by Gasteiger charge is -2.18. The summed E-state index contributed by atoms with van der Waals surface area (Å²) in [6.07, 6.45) is 1.48. The molecule has 2 aromatic heterocycles. The fourth-order valence-electron chi connectivity index (χ4n) is 3.41. The first kappa shape index (κ1) is 21.5. The molecular weight excluding hydrogens is 466 g/mol. The normalized spacial score (nSPS) is 12.9. The van der Waals surface area contributed by atoms with Crippen LogP contribution in [0.2, 0.25) is 0 Å². The third kappa shape index (κ3) is 3.94. The molecule has 3 heterocycles. The predicted octanol–water partition coefficient (Wildman–Crippen LogP) is 4.06. The van der Waals surface area contributed by atoms with E-state index in [9.17, 15) is 18.5 Å². The maximum Gasteiger partial charge on any atom is 0.282 e. The Labute approximate surface area is 193 Å². The van der Waals surface area contributed by atoms with Gasteiger partial charge in [0, 0.05) is 12.1 Å². The van der Waals surface area contributed by atoms with Crippen molar-refractivity contribution in [1.29, 1.82) is 0 Å². The third-order valence-corrected chi connectivity index (χ3v) is 6.67. The predicted molar refractivity (Wildman–Crippen MR) is 118 cm³/mol. The molecule has 34 heavy (non-hydrogen) atoms. The molecule has 1 N–H and O–H groups in total. The Morgan fingerprint density at radius 2 is 1.82 bits per heavy atom. The van der Waals surface area contributed by atoms with Crippen LogP contribution < -0.4 is 14.8 Å². The third-order valence-electron chi connectivity index (χ3n) is 5.01. The Morgan fingerprint density at radius 1 is 1.03 bits per heavy atom. The summed E-state index contributed by atoms with van der Waals surface area (Å²) in [6.45, 7) is 0.753. The number of hydrogen-bond donors (Lipinski definition) is 1. The van der Waals surface area contributed by atoms with Gasteiger partial charge in [-0.2, -0.15) is 4.98 Å². The molecule has 0 aliphatic carbocycles. The van der Waals surface area contributed by atoms with Gasteiger partial charge in [0.05, 0.1) is 22.6 Å². The molecule has 5 rings (SSSR count). The first-order valence-electron chi connectivity index (χ1n) is 10.1. The van der Waals surface area contributed by atoms with E-state index in [0.717, 1.165) is 0 Å². The lowest BCUT2D eigenvalue weighted by atomic mass is 10.2. The molecule has 0 saturated heterocycles. The van der Waals surface area contributed by atoms with Gasteiger partial charge < -0.3 is 23.6 Å². The Bertz CT molecular complexity index is 1460. The molecule has 0 unspecified atom stereocenters. The molecule has 2 aromatic carbocycles. The number of anilines is 1. The highest BCUT2D eigenvalue weighted by atomic mass is 32.2. The minimum Gasteiger partial charge on any atom is -0.486 e. The van der Waals surface area contributed by atoms with Crippen molar-refractivity contribution in [3.63, 3.8) is 0 Å². The smallest absolute Gasteiger partial charge is 0.282 e. The van der Waals surface area contributed by atoms with Crippen molar-refractivity contribution in [2.24, 2.45) is 0 Å². The number of benzene rings is 2. The topological polar surface area (TPSA) is 147 Å². The molecule has 11 nitrogen and oxygen atoms in total. The fourth-order valence-corrected chi connectivity index (χ4v) is 4.71. The van der Waals surface area contributed by atoms with Gasteiger partial charge in [0.15, 0.2) is 11.5 Å². The number of aromatic nitrogens is 1. The largest absolute Gasteiger partial charge is 0.486 e. The van der Waals surface area contributed by atoms with Crippen LogP contribution in [0, 0.1) is 10.1 Å². The number of nitro groups is 1. The minimum atomic E-state index is -4.22. The maximum absolute atomic E-state index is 13.5. The van der Waals surface area contributed by atoms with Gasteiger partial charge in [-0.1, -0.05) is 12.1 Å². The van der Waals surface area contributed by atoms with Crippen molar-refractivity contribution < 1.29 is 31.6 Å². The van der Waals surface area contributed by atoms with E-state index < -0.39 is 19.8 Å². The number of oxazole rings is 1. The van der Waals surface area contributed by atoms with Gasteiger partial charge in [-0.25, -0.2) is 8.42 Å².